The first-order valence-electron chi connectivity index (χ1n) is 6.02. The third-order valence-electron chi connectivity index (χ3n) is 2.86. The highest BCUT2D eigenvalue weighted by Crippen LogP contribution is 2.24. The van der Waals surface area contributed by atoms with Gasteiger partial charge in [0.15, 0.2) is 0 Å². The van der Waals surface area contributed by atoms with E-state index in [9.17, 15) is 14.7 Å². The van der Waals surface area contributed by atoms with Gasteiger partial charge in [-0.3, -0.25) is 4.79 Å². The Morgan fingerprint density at radius 1 is 1.10 bits per heavy atom. The molecule has 0 saturated heterocycles. The molecule has 0 aliphatic carbocycles. The summed E-state index contributed by atoms with van der Waals surface area (Å²) in [6, 6.07) is 8.71. The van der Waals surface area contributed by atoms with Crippen LogP contribution in [0.4, 0.5) is 5.69 Å². The van der Waals surface area contributed by atoms with E-state index < -0.39 is 11.9 Å². The molecule has 108 valence electrons. The van der Waals surface area contributed by atoms with Crippen LogP contribution in [-0.2, 0) is 0 Å². The summed E-state index contributed by atoms with van der Waals surface area (Å²) in [7, 11) is 0. The van der Waals surface area contributed by atoms with E-state index in [0.29, 0.717) is 0 Å². The Labute approximate surface area is 125 Å². The number of phenolic OH excluding ortho intramolecular Hbond substituents is 1. The smallest absolute Gasteiger partial charge is 0.337 e. The molecule has 5 nitrogen and oxygen atoms in total. The minimum atomic E-state index is -1.21. The van der Waals surface area contributed by atoms with E-state index in [1.807, 2.05) is 0 Å². The zero-order valence-electron chi connectivity index (χ0n) is 11.1. The van der Waals surface area contributed by atoms with Gasteiger partial charge in [0.2, 0.25) is 0 Å². The van der Waals surface area contributed by atoms with Crippen LogP contribution in [0.15, 0.2) is 36.4 Å². The second-order valence-electron chi connectivity index (χ2n) is 4.47. The lowest BCUT2D eigenvalue weighted by atomic mass is 10.1. The quantitative estimate of drug-likeness (QED) is 0.812. The van der Waals surface area contributed by atoms with E-state index in [4.69, 9.17) is 16.7 Å². The van der Waals surface area contributed by atoms with Crippen molar-refractivity contribution in [3.8, 4) is 5.75 Å². The average Bonchev–Trinajstić information content (AvgIpc) is 2.40. The van der Waals surface area contributed by atoms with Crippen LogP contribution in [0.1, 0.15) is 26.3 Å². The summed E-state index contributed by atoms with van der Waals surface area (Å²) < 4.78 is 0. The topological polar surface area (TPSA) is 86.6 Å². The lowest BCUT2D eigenvalue weighted by molar-refractivity contribution is 0.0698. The van der Waals surface area contributed by atoms with Crippen molar-refractivity contribution in [2.45, 2.75) is 6.92 Å². The Morgan fingerprint density at radius 3 is 2.43 bits per heavy atom. The molecule has 0 heterocycles. The highest BCUT2D eigenvalue weighted by Gasteiger charge is 2.16. The van der Waals surface area contributed by atoms with Gasteiger partial charge in [0.05, 0.1) is 16.8 Å². The summed E-state index contributed by atoms with van der Waals surface area (Å²) in [6.07, 6.45) is 0. The van der Waals surface area contributed by atoms with Crippen LogP contribution in [0, 0.1) is 6.92 Å². The molecule has 0 fully saturated rings. The predicted molar refractivity (Wildman–Crippen MR) is 79.2 cm³/mol. The maximum Gasteiger partial charge on any atom is 0.337 e. The molecule has 6 heteroatoms. The van der Waals surface area contributed by atoms with Crippen LogP contribution < -0.4 is 5.32 Å². The number of amides is 1. The number of carbonyl (C=O) groups excluding carboxylic acids is 1. The Hall–Kier alpha value is -2.53. The number of carbonyl (C=O) groups is 2. The number of benzene rings is 2. The van der Waals surface area contributed by atoms with Crippen molar-refractivity contribution in [2.75, 3.05) is 5.32 Å². The summed E-state index contributed by atoms with van der Waals surface area (Å²) in [4.78, 5) is 23.3. The van der Waals surface area contributed by atoms with Crippen LogP contribution in [-0.4, -0.2) is 22.1 Å². The Bertz CT molecular complexity index is 728. The zero-order chi connectivity index (χ0) is 15.6. The Kier molecular flexibility index (Phi) is 4.14. The predicted octanol–water partition coefficient (Wildman–Crippen LogP) is 3.30. The number of aromatic hydroxyl groups is 1. The largest absolute Gasteiger partial charge is 0.507 e. The van der Waals surface area contributed by atoms with Crippen LogP contribution >= 0.6 is 11.6 Å². The summed E-state index contributed by atoms with van der Waals surface area (Å²) in [5.74, 6) is -1.98. The fourth-order valence-corrected chi connectivity index (χ4v) is 2.00. The summed E-state index contributed by atoms with van der Waals surface area (Å²) >= 11 is 5.74. The number of phenols is 1. The molecule has 0 atom stereocenters. The highest BCUT2D eigenvalue weighted by atomic mass is 35.5. The molecular formula is C15H12ClNO4. The van der Waals surface area contributed by atoms with Gasteiger partial charge in [0.1, 0.15) is 5.75 Å². The number of anilines is 1. The first kappa shape index (κ1) is 14.9. The zero-order valence-corrected chi connectivity index (χ0v) is 11.8. The van der Waals surface area contributed by atoms with Crippen molar-refractivity contribution in [1.82, 2.24) is 0 Å². The Morgan fingerprint density at radius 2 is 1.81 bits per heavy atom. The van der Waals surface area contributed by atoms with Gasteiger partial charge in [0.25, 0.3) is 5.91 Å². The van der Waals surface area contributed by atoms with Crippen LogP contribution in [0.25, 0.3) is 0 Å². The summed E-state index contributed by atoms with van der Waals surface area (Å²) in [5.41, 5.74) is 0.855. The maximum atomic E-state index is 12.1. The number of carboxylic acid groups (broad SMARTS) is 1. The molecule has 2 aromatic carbocycles. The number of nitrogens with one attached hydrogen (secondary N) is 1. The lowest BCUT2D eigenvalue weighted by Gasteiger charge is -2.10. The lowest BCUT2D eigenvalue weighted by Crippen LogP contribution is -2.15. The molecular weight excluding hydrogens is 294 g/mol. The average molecular weight is 306 g/mol. The molecule has 0 aromatic heterocycles. The number of rotatable bonds is 3. The van der Waals surface area contributed by atoms with Gasteiger partial charge < -0.3 is 15.5 Å². The third kappa shape index (κ3) is 3.32. The summed E-state index contributed by atoms with van der Waals surface area (Å²) in [5, 5.41) is 21.6. The number of hydrogen-bond acceptors (Lipinski definition) is 3. The first-order chi connectivity index (χ1) is 9.88. The fraction of sp³-hybridized carbons (Fsp3) is 0.0667. The Balaban J connectivity index is 2.34. The van der Waals surface area contributed by atoms with E-state index in [1.165, 1.54) is 30.3 Å². The van der Waals surface area contributed by atoms with Gasteiger partial charge >= 0.3 is 5.97 Å². The molecule has 0 spiro atoms. The van der Waals surface area contributed by atoms with Crippen LogP contribution in [0.5, 0.6) is 5.75 Å². The molecule has 0 bridgehead atoms. The molecule has 0 saturated carbocycles. The van der Waals surface area contributed by atoms with E-state index in [1.54, 1.807) is 13.0 Å². The van der Waals surface area contributed by atoms with E-state index in [2.05, 4.69) is 5.32 Å². The van der Waals surface area contributed by atoms with E-state index >= 15 is 0 Å². The molecule has 1 amide bonds. The molecule has 3 N–H and O–H groups in total. The number of carboxylic acids is 1. The van der Waals surface area contributed by atoms with Gasteiger partial charge in [-0.05, 0) is 42.8 Å². The van der Waals surface area contributed by atoms with Crippen molar-refractivity contribution in [1.29, 1.82) is 0 Å². The van der Waals surface area contributed by atoms with Crippen molar-refractivity contribution in [3.05, 3.63) is 58.1 Å². The molecule has 0 aliphatic rings. The van der Waals surface area contributed by atoms with Crippen LogP contribution in [0.2, 0.25) is 5.02 Å². The van der Waals surface area contributed by atoms with Gasteiger partial charge in [-0.25, -0.2) is 4.79 Å². The second kappa shape index (κ2) is 5.85. The number of aryl methyl sites for hydroxylation is 1. The van der Waals surface area contributed by atoms with Crippen molar-refractivity contribution in [3.63, 3.8) is 0 Å². The third-order valence-corrected chi connectivity index (χ3v) is 3.09. The molecule has 2 aromatic rings. The van der Waals surface area contributed by atoms with Gasteiger partial charge in [0, 0.05) is 5.02 Å². The van der Waals surface area contributed by atoms with Gasteiger partial charge in [-0.1, -0.05) is 17.7 Å². The van der Waals surface area contributed by atoms with Gasteiger partial charge in [-0.2, -0.15) is 0 Å². The highest BCUT2D eigenvalue weighted by molar-refractivity contribution is 6.31. The van der Waals surface area contributed by atoms with Crippen molar-refractivity contribution < 1.29 is 19.8 Å². The maximum absolute atomic E-state index is 12.1. The standard InChI is InChI=1S/C15H12ClNO4/c1-8-2-4-10(13(18)6-8)14(19)17-12-5-3-9(16)7-11(12)15(20)21/h2-7,18H,1H3,(H,17,19)(H,20,21). The van der Waals surface area contributed by atoms with Crippen molar-refractivity contribution >= 4 is 29.2 Å². The van der Waals surface area contributed by atoms with E-state index in [-0.39, 0.29) is 27.6 Å². The van der Waals surface area contributed by atoms with E-state index in [0.717, 1.165) is 5.56 Å². The summed E-state index contributed by atoms with van der Waals surface area (Å²) in [6.45, 7) is 1.78. The second-order valence-corrected chi connectivity index (χ2v) is 4.91. The fourth-order valence-electron chi connectivity index (χ4n) is 1.83. The number of aromatic carboxylic acids is 1. The van der Waals surface area contributed by atoms with Crippen molar-refractivity contribution in [2.24, 2.45) is 0 Å². The minimum absolute atomic E-state index is 0.0619. The SMILES string of the molecule is Cc1ccc(C(=O)Nc2ccc(Cl)cc2C(=O)O)c(O)c1. The molecule has 2 rings (SSSR count). The first-order valence-corrected chi connectivity index (χ1v) is 6.40. The van der Waals surface area contributed by atoms with Gasteiger partial charge in [-0.15, -0.1) is 0 Å². The normalized spacial score (nSPS) is 10.2. The molecule has 0 aliphatic heterocycles. The molecule has 0 radical (unpaired) electrons. The molecule has 0 unspecified atom stereocenters. The monoisotopic (exact) mass is 305 g/mol. The number of hydrogen-bond donors (Lipinski definition) is 3. The molecule has 21 heavy (non-hydrogen) atoms. The minimum Gasteiger partial charge on any atom is -0.507 e. The van der Waals surface area contributed by atoms with Crippen LogP contribution in [0.3, 0.4) is 0 Å². The number of halogens is 1.